The number of carbonyl (C=O) groups excluding carboxylic acids is 1. The van der Waals surface area contributed by atoms with Gasteiger partial charge in [-0.05, 0) is 48.6 Å². The van der Waals surface area contributed by atoms with Crippen LogP contribution in [0, 0.1) is 0 Å². The molecular weight excluding hydrogens is 380 g/mol. The highest BCUT2D eigenvalue weighted by Gasteiger charge is 2.34. The molecule has 6 heteroatoms. The van der Waals surface area contributed by atoms with Crippen LogP contribution in [-0.2, 0) is 22.5 Å². The SMILES string of the molecule is COc1ccc(CN2C[C@@H]3NC(=O)COc4ccccc4CCCCO[C@@H]3C2)cc1. The summed E-state index contributed by atoms with van der Waals surface area (Å²) in [6.45, 7) is 3.12. The third-order valence-electron chi connectivity index (χ3n) is 5.76. The number of carbonyl (C=O) groups is 1. The normalized spacial score (nSPS) is 23.0. The van der Waals surface area contributed by atoms with Crippen molar-refractivity contribution in [3.8, 4) is 11.5 Å². The summed E-state index contributed by atoms with van der Waals surface area (Å²) < 4.78 is 17.3. The number of rotatable bonds is 3. The van der Waals surface area contributed by atoms with Crippen LogP contribution in [0.2, 0.25) is 0 Å². The lowest BCUT2D eigenvalue weighted by Crippen LogP contribution is -2.45. The highest BCUT2D eigenvalue weighted by molar-refractivity contribution is 5.78. The average molecular weight is 411 g/mol. The molecule has 1 amide bonds. The van der Waals surface area contributed by atoms with Crippen LogP contribution in [0.25, 0.3) is 0 Å². The maximum Gasteiger partial charge on any atom is 0.258 e. The maximum atomic E-state index is 12.5. The Morgan fingerprint density at radius 2 is 1.93 bits per heavy atom. The zero-order chi connectivity index (χ0) is 20.8. The Morgan fingerprint density at radius 1 is 1.10 bits per heavy atom. The van der Waals surface area contributed by atoms with E-state index in [0.717, 1.165) is 56.0 Å². The summed E-state index contributed by atoms with van der Waals surface area (Å²) in [5.41, 5.74) is 2.37. The minimum absolute atomic E-state index is 0.00433. The van der Waals surface area contributed by atoms with Gasteiger partial charge in [0, 0.05) is 26.2 Å². The summed E-state index contributed by atoms with van der Waals surface area (Å²) in [7, 11) is 1.67. The molecule has 2 aliphatic rings. The van der Waals surface area contributed by atoms with Crippen molar-refractivity contribution < 1.29 is 19.0 Å². The minimum atomic E-state index is -0.103. The summed E-state index contributed by atoms with van der Waals surface area (Å²) in [6.07, 6.45) is 2.95. The molecule has 6 nitrogen and oxygen atoms in total. The standard InChI is InChI=1S/C24H30N2O4/c1-28-20-11-9-18(10-12-20)14-26-15-21-23(16-26)29-13-5-4-7-19-6-2-3-8-22(19)30-17-24(27)25-21/h2-3,6,8-12,21,23H,4-5,7,13-17H2,1H3,(H,25,27)/t21-,23+/m0/s1. The van der Waals surface area contributed by atoms with Crippen molar-refractivity contribution in [1.29, 1.82) is 0 Å². The first kappa shape index (κ1) is 20.7. The fourth-order valence-electron chi connectivity index (χ4n) is 4.17. The molecule has 1 N–H and O–H groups in total. The fraction of sp³-hybridized carbons (Fsp3) is 0.458. The molecule has 0 unspecified atom stereocenters. The number of likely N-dealkylation sites (tertiary alicyclic amines) is 1. The summed E-state index contributed by atoms with van der Waals surface area (Å²) in [5, 5.41) is 3.13. The summed E-state index contributed by atoms with van der Waals surface area (Å²) in [5.74, 6) is 1.56. The second kappa shape index (κ2) is 9.96. The van der Waals surface area contributed by atoms with Crippen LogP contribution in [0.4, 0.5) is 0 Å². The molecule has 2 atom stereocenters. The van der Waals surface area contributed by atoms with Gasteiger partial charge in [-0.15, -0.1) is 0 Å². The highest BCUT2D eigenvalue weighted by Crippen LogP contribution is 2.22. The van der Waals surface area contributed by atoms with Crippen molar-refractivity contribution in [2.75, 3.05) is 33.4 Å². The van der Waals surface area contributed by atoms with E-state index in [9.17, 15) is 4.79 Å². The molecule has 2 aromatic rings. The van der Waals surface area contributed by atoms with Crippen molar-refractivity contribution in [1.82, 2.24) is 10.2 Å². The van der Waals surface area contributed by atoms with E-state index in [2.05, 4.69) is 28.4 Å². The van der Waals surface area contributed by atoms with Crippen LogP contribution in [0.15, 0.2) is 48.5 Å². The quantitative estimate of drug-likeness (QED) is 0.843. The zero-order valence-electron chi connectivity index (χ0n) is 17.5. The number of methoxy groups -OCH3 is 1. The third kappa shape index (κ3) is 5.32. The van der Waals surface area contributed by atoms with E-state index >= 15 is 0 Å². The summed E-state index contributed by atoms with van der Waals surface area (Å²) in [4.78, 5) is 14.9. The van der Waals surface area contributed by atoms with Gasteiger partial charge in [-0.3, -0.25) is 9.69 Å². The van der Waals surface area contributed by atoms with Gasteiger partial charge in [0.15, 0.2) is 6.61 Å². The van der Waals surface area contributed by atoms with Gasteiger partial charge in [0.2, 0.25) is 0 Å². The van der Waals surface area contributed by atoms with Gasteiger partial charge in [0.05, 0.1) is 19.3 Å². The van der Waals surface area contributed by atoms with Gasteiger partial charge in [-0.2, -0.15) is 0 Å². The maximum absolute atomic E-state index is 12.5. The molecule has 0 aromatic heterocycles. The molecule has 0 aliphatic carbocycles. The molecule has 1 fully saturated rings. The van der Waals surface area contributed by atoms with E-state index in [4.69, 9.17) is 14.2 Å². The smallest absolute Gasteiger partial charge is 0.258 e. The predicted octanol–water partition coefficient (Wildman–Crippen LogP) is 2.80. The molecule has 0 radical (unpaired) electrons. The Bertz CT molecular complexity index is 839. The number of amides is 1. The topological polar surface area (TPSA) is 60.0 Å². The number of nitrogens with one attached hydrogen (secondary N) is 1. The monoisotopic (exact) mass is 410 g/mol. The molecule has 2 aromatic carbocycles. The highest BCUT2D eigenvalue weighted by atomic mass is 16.5. The molecule has 4 rings (SSSR count). The van der Waals surface area contributed by atoms with Crippen LogP contribution in [0.1, 0.15) is 24.0 Å². The van der Waals surface area contributed by atoms with E-state index in [-0.39, 0.29) is 24.7 Å². The molecule has 1 saturated heterocycles. The minimum Gasteiger partial charge on any atom is -0.497 e. The number of benzene rings is 2. The molecule has 0 spiro atoms. The Hall–Kier alpha value is -2.57. The van der Waals surface area contributed by atoms with Crippen molar-refractivity contribution in [2.45, 2.75) is 38.0 Å². The summed E-state index contributed by atoms with van der Waals surface area (Å²) in [6, 6.07) is 16.1. The van der Waals surface area contributed by atoms with Crippen LogP contribution in [0.3, 0.4) is 0 Å². The van der Waals surface area contributed by atoms with E-state index in [1.807, 2.05) is 30.3 Å². The molecule has 2 heterocycles. The van der Waals surface area contributed by atoms with Gasteiger partial charge in [-0.1, -0.05) is 30.3 Å². The number of hydrogen-bond acceptors (Lipinski definition) is 5. The number of fused-ring (bicyclic) bond motifs is 2. The van der Waals surface area contributed by atoms with Crippen molar-refractivity contribution in [2.24, 2.45) is 0 Å². The van der Waals surface area contributed by atoms with Gasteiger partial charge in [-0.25, -0.2) is 0 Å². The summed E-state index contributed by atoms with van der Waals surface area (Å²) >= 11 is 0. The lowest BCUT2D eigenvalue weighted by Gasteiger charge is -2.20. The van der Waals surface area contributed by atoms with Gasteiger partial charge in [0.1, 0.15) is 11.5 Å². The second-order valence-corrected chi connectivity index (χ2v) is 7.98. The molecule has 0 saturated carbocycles. The molecule has 30 heavy (non-hydrogen) atoms. The lowest BCUT2D eigenvalue weighted by atomic mass is 10.1. The van der Waals surface area contributed by atoms with Crippen LogP contribution in [-0.4, -0.2) is 56.4 Å². The van der Waals surface area contributed by atoms with E-state index in [1.54, 1.807) is 7.11 Å². The van der Waals surface area contributed by atoms with E-state index in [1.165, 1.54) is 5.56 Å². The zero-order valence-corrected chi connectivity index (χ0v) is 17.5. The van der Waals surface area contributed by atoms with Crippen LogP contribution >= 0.6 is 0 Å². The molecule has 2 aliphatic heterocycles. The predicted molar refractivity (Wildman–Crippen MR) is 115 cm³/mol. The van der Waals surface area contributed by atoms with Crippen LogP contribution in [0.5, 0.6) is 11.5 Å². The molecular formula is C24H30N2O4. The van der Waals surface area contributed by atoms with Crippen molar-refractivity contribution in [3.63, 3.8) is 0 Å². The number of hydrogen-bond donors (Lipinski definition) is 1. The Balaban J connectivity index is 1.40. The lowest BCUT2D eigenvalue weighted by molar-refractivity contribution is -0.124. The van der Waals surface area contributed by atoms with Crippen molar-refractivity contribution in [3.05, 3.63) is 59.7 Å². The number of nitrogens with zero attached hydrogens (tertiary/aromatic N) is 1. The van der Waals surface area contributed by atoms with Crippen LogP contribution < -0.4 is 14.8 Å². The Kier molecular flexibility index (Phi) is 6.87. The number of ether oxygens (including phenoxy) is 3. The Labute approximate surface area is 178 Å². The fourth-order valence-corrected chi connectivity index (χ4v) is 4.17. The third-order valence-corrected chi connectivity index (χ3v) is 5.76. The largest absolute Gasteiger partial charge is 0.497 e. The van der Waals surface area contributed by atoms with Crippen molar-refractivity contribution >= 4 is 5.91 Å². The number of para-hydroxylation sites is 1. The first-order valence-corrected chi connectivity index (χ1v) is 10.7. The van der Waals surface area contributed by atoms with E-state index in [0.29, 0.717) is 6.61 Å². The first-order chi connectivity index (χ1) is 14.7. The Morgan fingerprint density at radius 3 is 2.77 bits per heavy atom. The molecule has 0 bridgehead atoms. The number of aryl methyl sites for hydroxylation is 1. The first-order valence-electron chi connectivity index (χ1n) is 10.7. The van der Waals surface area contributed by atoms with Gasteiger partial charge in [0.25, 0.3) is 5.91 Å². The second-order valence-electron chi connectivity index (χ2n) is 7.98. The van der Waals surface area contributed by atoms with Gasteiger partial charge < -0.3 is 19.5 Å². The average Bonchev–Trinajstić information content (AvgIpc) is 3.13. The molecule has 160 valence electrons. The van der Waals surface area contributed by atoms with Gasteiger partial charge >= 0.3 is 0 Å². The van der Waals surface area contributed by atoms with E-state index < -0.39 is 0 Å².